The minimum atomic E-state index is -2.18. The van der Waals surface area contributed by atoms with Gasteiger partial charge < -0.3 is 5.32 Å². The number of rotatable bonds is 1. The maximum absolute atomic E-state index is 11.9. The van der Waals surface area contributed by atoms with Gasteiger partial charge in [0.1, 0.15) is 0 Å². The zero-order valence-electron chi connectivity index (χ0n) is 7.24. The Balaban J connectivity index is 0.000000461. The molecule has 11 heavy (non-hydrogen) atoms. The summed E-state index contributed by atoms with van der Waals surface area (Å²) in [7, 11) is 0. The van der Waals surface area contributed by atoms with E-state index in [9.17, 15) is 8.78 Å². The van der Waals surface area contributed by atoms with Gasteiger partial charge in [-0.05, 0) is 19.4 Å². The molecule has 0 aromatic carbocycles. The lowest BCUT2D eigenvalue weighted by Crippen LogP contribution is -2.39. The molecule has 1 atom stereocenters. The van der Waals surface area contributed by atoms with E-state index in [1.807, 2.05) is 13.8 Å². The van der Waals surface area contributed by atoms with Crippen molar-refractivity contribution in [2.24, 2.45) is 0 Å². The fraction of sp³-hybridized carbons (Fsp3) is 1.00. The molecular formula is C8H17F2N. The molecule has 1 aliphatic rings. The van der Waals surface area contributed by atoms with Crippen LogP contribution in [-0.2, 0) is 0 Å². The second kappa shape index (κ2) is 6.53. The average Bonchev–Trinajstić information content (AvgIpc) is 2.10. The third kappa shape index (κ3) is 4.30. The van der Waals surface area contributed by atoms with Gasteiger partial charge >= 0.3 is 0 Å². The normalized spacial score (nSPS) is 24.3. The van der Waals surface area contributed by atoms with Crippen LogP contribution < -0.4 is 5.32 Å². The van der Waals surface area contributed by atoms with E-state index in [2.05, 4.69) is 5.32 Å². The Morgan fingerprint density at radius 2 is 1.91 bits per heavy atom. The third-order valence-electron chi connectivity index (χ3n) is 1.65. The van der Waals surface area contributed by atoms with Crippen LogP contribution in [0.2, 0.25) is 0 Å². The van der Waals surface area contributed by atoms with Gasteiger partial charge in [-0.25, -0.2) is 8.78 Å². The van der Waals surface area contributed by atoms with Gasteiger partial charge in [0, 0.05) is 0 Å². The molecule has 1 saturated heterocycles. The van der Waals surface area contributed by atoms with Crippen molar-refractivity contribution in [3.05, 3.63) is 0 Å². The Morgan fingerprint density at radius 1 is 1.27 bits per heavy atom. The molecule has 0 aromatic rings. The molecule has 0 bridgehead atoms. The smallest absolute Gasteiger partial charge is 0.253 e. The van der Waals surface area contributed by atoms with E-state index in [0.29, 0.717) is 6.42 Å². The first-order valence-corrected chi connectivity index (χ1v) is 4.32. The van der Waals surface area contributed by atoms with Crippen molar-refractivity contribution >= 4 is 0 Å². The highest BCUT2D eigenvalue weighted by Gasteiger charge is 2.21. The summed E-state index contributed by atoms with van der Waals surface area (Å²) in [5.41, 5.74) is 0. The maximum atomic E-state index is 11.9. The van der Waals surface area contributed by atoms with Gasteiger partial charge in [0.15, 0.2) is 0 Å². The molecule has 0 aliphatic carbocycles. The molecule has 1 fully saturated rings. The number of piperidine rings is 1. The van der Waals surface area contributed by atoms with Crippen LogP contribution in [0.1, 0.15) is 33.1 Å². The van der Waals surface area contributed by atoms with E-state index < -0.39 is 12.5 Å². The zero-order chi connectivity index (χ0) is 8.69. The van der Waals surface area contributed by atoms with Crippen LogP contribution in [0, 0.1) is 0 Å². The highest BCUT2D eigenvalue weighted by atomic mass is 19.3. The molecule has 1 N–H and O–H groups in total. The van der Waals surface area contributed by atoms with Crippen LogP contribution >= 0.6 is 0 Å². The molecule has 0 aromatic heterocycles. The van der Waals surface area contributed by atoms with E-state index >= 15 is 0 Å². The second-order valence-electron chi connectivity index (χ2n) is 2.39. The van der Waals surface area contributed by atoms with Crippen LogP contribution in [0.25, 0.3) is 0 Å². The average molecular weight is 165 g/mol. The van der Waals surface area contributed by atoms with Gasteiger partial charge in [0.2, 0.25) is 0 Å². The fourth-order valence-electron chi connectivity index (χ4n) is 1.09. The lowest BCUT2D eigenvalue weighted by Gasteiger charge is -2.21. The molecule has 0 radical (unpaired) electrons. The van der Waals surface area contributed by atoms with Gasteiger partial charge in [-0.1, -0.05) is 20.3 Å². The van der Waals surface area contributed by atoms with Gasteiger partial charge in [0.05, 0.1) is 6.04 Å². The summed E-state index contributed by atoms with van der Waals surface area (Å²) < 4.78 is 23.7. The Hall–Kier alpha value is -0.180. The van der Waals surface area contributed by atoms with Crippen molar-refractivity contribution in [2.45, 2.75) is 45.6 Å². The lowest BCUT2D eigenvalue weighted by atomic mass is 10.1. The van der Waals surface area contributed by atoms with Crippen LogP contribution in [0.5, 0.6) is 0 Å². The van der Waals surface area contributed by atoms with Gasteiger partial charge in [0.25, 0.3) is 6.43 Å². The Labute approximate surface area is 67.2 Å². The molecule has 0 spiro atoms. The first kappa shape index (κ1) is 10.8. The first-order valence-electron chi connectivity index (χ1n) is 4.32. The lowest BCUT2D eigenvalue weighted by molar-refractivity contribution is 0.0852. The standard InChI is InChI=1S/C6H11F2N.C2H6/c7-6(8)5-3-1-2-4-9-5;1-2/h5-6,9H,1-4H2;1-2H3. The quantitative estimate of drug-likeness (QED) is 0.629. The molecule has 1 rings (SSSR count). The number of nitrogens with one attached hydrogen (secondary N) is 1. The topological polar surface area (TPSA) is 12.0 Å². The highest BCUT2D eigenvalue weighted by Crippen LogP contribution is 2.12. The van der Waals surface area contributed by atoms with Crippen LogP contribution in [0.4, 0.5) is 8.78 Å². The predicted octanol–water partition coefficient (Wildman–Crippen LogP) is 2.42. The van der Waals surface area contributed by atoms with Crippen LogP contribution in [-0.4, -0.2) is 19.0 Å². The van der Waals surface area contributed by atoms with Crippen LogP contribution in [0.15, 0.2) is 0 Å². The van der Waals surface area contributed by atoms with Gasteiger partial charge in [-0.2, -0.15) is 0 Å². The minimum absolute atomic E-state index is 0.529. The SMILES string of the molecule is CC.FC(F)C1CCCCN1. The summed E-state index contributed by atoms with van der Waals surface area (Å²) in [6.45, 7) is 4.76. The first-order chi connectivity index (χ1) is 5.30. The zero-order valence-corrected chi connectivity index (χ0v) is 7.24. The van der Waals surface area contributed by atoms with Crippen molar-refractivity contribution in [3.8, 4) is 0 Å². The molecule has 1 aliphatic heterocycles. The van der Waals surface area contributed by atoms with Crippen molar-refractivity contribution < 1.29 is 8.78 Å². The molecule has 1 unspecified atom stereocenters. The van der Waals surface area contributed by atoms with Crippen LogP contribution in [0.3, 0.4) is 0 Å². The number of alkyl halides is 2. The molecule has 1 heterocycles. The van der Waals surface area contributed by atoms with Crippen molar-refractivity contribution in [2.75, 3.05) is 6.54 Å². The largest absolute Gasteiger partial charge is 0.309 e. The third-order valence-corrected chi connectivity index (χ3v) is 1.65. The molecule has 1 nitrogen and oxygen atoms in total. The number of hydrogen-bond acceptors (Lipinski definition) is 1. The monoisotopic (exact) mass is 165 g/mol. The maximum Gasteiger partial charge on any atom is 0.253 e. The van der Waals surface area contributed by atoms with Crippen molar-refractivity contribution in [1.29, 1.82) is 0 Å². The molecule has 0 amide bonds. The fourth-order valence-corrected chi connectivity index (χ4v) is 1.09. The van der Waals surface area contributed by atoms with Crippen molar-refractivity contribution in [1.82, 2.24) is 5.32 Å². The van der Waals surface area contributed by atoms with Gasteiger partial charge in [-0.15, -0.1) is 0 Å². The summed E-state index contributed by atoms with van der Waals surface area (Å²) in [5, 5.41) is 2.77. The molecular weight excluding hydrogens is 148 g/mol. The summed E-state index contributed by atoms with van der Waals surface area (Å²) in [6, 6.07) is -0.529. The summed E-state index contributed by atoms with van der Waals surface area (Å²) in [4.78, 5) is 0. The Morgan fingerprint density at radius 3 is 2.18 bits per heavy atom. The Kier molecular flexibility index (Phi) is 6.42. The van der Waals surface area contributed by atoms with E-state index in [4.69, 9.17) is 0 Å². The molecule has 68 valence electrons. The molecule has 0 saturated carbocycles. The Bertz CT molecular complexity index is 80.2. The summed E-state index contributed by atoms with van der Waals surface area (Å²) in [5.74, 6) is 0. The second-order valence-corrected chi connectivity index (χ2v) is 2.39. The number of halogens is 2. The summed E-state index contributed by atoms with van der Waals surface area (Å²) in [6.07, 6.45) is 0.452. The van der Waals surface area contributed by atoms with E-state index in [1.54, 1.807) is 0 Å². The van der Waals surface area contributed by atoms with E-state index in [1.165, 1.54) is 0 Å². The van der Waals surface area contributed by atoms with E-state index in [-0.39, 0.29) is 0 Å². The minimum Gasteiger partial charge on any atom is -0.309 e. The van der Waals surface area contributed by atoms with Crippen molar-refractivity contribution in [3.63, 3.8) is 0 Å². The predicted molar refractivity (Wildman–Crippen MR) is 43.0 cm³/mol. The van der Waals surface area contributed by atoms with E-state index in [0.717, 1.165) is 19.4 Å². The van der Waals surface area contributed by atoms with Gasteiger partial charge in [-0.3, -0.25) is 0 Å². The number of hydrogen-bond donors (Lipinski definition) is 1. The summed E-state index contributed by atoms with van der Waals surface area (Å²) >= 11 is 0. The highest BCUT2D eigenvalue weighted by molar-refractivity contribution is 4.73. The molecule has 3 heteroatoms.